The van der Waals surface area contributed by atoms with Crippen molar-refractivity contribution in [2.24, 2.45) is 11.8 Å². The van der Waals surface area contributed by atoms with Gasteiger partial charge in [0.25, 0.3) is 5.56 Å². The minimum atomic E-state index is -0.512. The molecule has 3 aromatic rings. The second-order valence-electron chi connectivity index (χ2n) is 9.36. The number of aromatic amines is 1. The maximum atomic E-state index is 13.0. The Hall–Kier alpha value is -3.26. The highest BCUT2D eigenvalue weighted by molar-refractivity contribution is 5.98. The molecule has 1 aliphatic heterocycles. The second-order valence-corrected chi connectivity index (χ2v) is 9.36. The molecule has 0 bridgehead atoms. The van der Waals surface area contributed by atoms with E-state index in [1.54, 1.807) is 6.92 Å². The maximum Gasteiger partial charge on any atom is 0.343 e. The summed E-state index contributed by atoms with van der Waals surface area (Å²) >= 11 is 0. The number of benzene rings is 1. The molecular weight excluding hydrogens is 432 g/mol. The Bertz CT molecular complexity index is 1220. The van der Waals surface area contributed by atoms with E-state index in [1.807, 2.05) is 12.1 Å². The minimum Gasteiger partial charge on any atom is -0.462 e. The van der Waals surface area contributed by atoms with Crippen molar-refractivity contribution in [3.05, 3.63) is 69.3 Å². The largest absolute Gasteiger partial charge is 0.462 e. The van der Waals surface area contributed by atoms with Crippen LogP contribution in [0.1, 0.15) is 65.6 Å². The molecule has 0 aliphatic carbocycles. The molecule has 1 N–H and O–H groups in total. The highest BCUT2D eigenvalue weighted by Crippen LogP contribution is 2.23. The molecule has 0 amide bonds. The summed E-state index contributed by atoms with van der Waals surface area (Å²) in [6.07, 6.45) is 4.00. The van der Waals surface area contributed by atoms with Crippen LogP contribution >= 0.6 is 0 Å². The van der Waals surface area contributed by atoms with Crippen LogP contribution in [0.5, 0.6) is 0 Å². The molecule has 1 saturated heterocycles. The quantitative estimate of drug-likeness (QED) is 0.405. The highest BCUT2D eigenvalue weighted by Gasteiger charge is 2.26. The Morgan fingerprint density at radius 1 is 1.18 bits per heavy atom. The predicted molar refractivity (Wildman–Crippen MR) is 129 cm³/mol. The number of ether oxygens (including phenoxy) is 1. The molecule has 2 aromatic heterocycles. The van der Waals surface area contributed by atoms with E-state index in [2.05, 4.69) is 41.0 Å². The lowest BCUT2D eigenvalue weighted by atomic mass is 9.88. The SMILES string of the molecule is CCOC(=O)c1c[nH]n2c(=O)cc(CN3CCC(C(=O)c4ccc(CC(C)C)cc4)CC3)nc12. The number of fused-ring (bicyclic) bond motifs is 1. The van der Waals surface area contributed by atoms with Crippen LogP contribution in [0.4, 0.5) is 0 Å². The summed E-state index contributed by atoms with van der Waals surface area (Å²) in [5, 5.41) is 2.76. The Morgan fingerprint density at radius 2 is 1.88 bits per heavy atom. The molecule has 8 heteroatoms. The van der Waals surface area contributed by atoms with E-state index in [9.17, 15) is 14.4 Å². The van der Waals surface area contributed by atoms with E-state index in [4.69, 9.17) is 4.74 Å². The third-order valence-electron chi connectivity index (χ3n) is 6.27. The van der Waals surface area contributed by atoms with Crippen molar-refractivity contribution >= 4 is 17.4 Å². The smallest absolute Gasteiger partial charge is 0.343 e. The monoisotopic (exact) mass is 464 g/mol. The number of piperidine rings is 1. The summed E-state index contributed by atoms with van der Waals surface area (Å²) < 4.78 is 6.30. The third-order valence-corrected chi connectivity index (χ3v) is 6.27. The first kappa shape index (κ1) is 23.9. The lowest BCUT2D eigenvalue weighted by Gasteiger charge is -2.31. The van der Waals surface area contributed by atoms with Crippen molar-refractivity contribution in [2.75, 3.05) is 19.7 Å². The van der Waals surface area contributed by atoms with E-state index >= 15 is 0 Å². The first-order valence-electron chi connectivity index (χ1n) is 12.0. The van der Waals surface area contributed by atoms with Crippen LogP contribution < -0.4 is 5.56 Å². The van der Waals surface area contributed by atoms with Crippen molar-refractivity contribution in [3.8, 4) is 0 Å². The number of hydrogen-bond donors (Lipinski definition) is 1. The first-order chi connectivity index (χ1) is 16.4. The average Bonchev–Trinajstić information content (AvgIpc) is 3.24. The Balaban J connectivity index is 1.39. The summed E-state index contributed by atoms with van der Waals surface area (Å²) in [6.45, 7) is 8.35. The van der Waals surface area contributed by atoms with Gasteiger partial charge in [-0.3, -0.25) is 19.6 Å². The van der Waals surface area contributed by atoms with E-state index in [0.29, 0.717) is 18.2 Å². The molecule has 0 unspecified atom stereocenters. The molecule has 4 rings (SSSR count). The number of carbonyl (C=O) groups is 2. The zero-order chi connectivity index (χ0) is 24.2. The zero-order valence-electron chi connectivity index (χ0n) is 20.0. The number of esters is 1. The molecule has 3 heterocycles. The molecule has 180 valence electrons. The number of likely N-dealkylation sites (tertiary alicyclic amines) is 1. The molecular formula is C26H32N4O4. The van der Waals surface area contributed by atoms with Crippen molar-refractivity contribution in [3.63, 3.8) is 0 Å². The summed E-state index contributed by atoms with van der Waals surface area (Å²) in [5.41, 5.74) is 2.87. The minimum absolute atomic E-state index is 0.00773. The Morgan fingerprint density at radius 3 is 2.53 bits per heavy atom. The zero-order valence-corrected chi connectivity index (χ0v) is 20.0. The Kier molecular flexibility index (Phi) is 7.26. The molecule has 1 aromatic carbocycles. The topological polar surface area (TPSA) is 96.8 Å². The van der Waals surface area contributed by atoms with E-state index in [1.165, 1.54) is 22.3 Å². The van der Waals surface area contributed by atoms with Gasteiger partial charge in [0.1, 0.15) is 5.56 Å². The second kappa shape index (κ2) is 10.3. The van der Waals surface area contributed by atoms with Gasteiger partial charge in [-0.2, -0.15) is 0 Å². The normalized spacial score (nSPS) is 15.2. The van der Waals surface area contributed by atoms with Gasteiger partial charge in [0.05, 0.1) is 12.3 Å². The molecule has 8 nitrogen and oxygen atoms in total. The maximum absolute atomic E-state index is 13.0. The molecule has 1 fully saturated rings. The van der Waals surface area contributed by atoms with E-state index in [-0.39, 0.29) is 35.1 Å². The van der Waals surface area contributed by atoms with Crippen LogP contribution in [0.2, 0.25) is 0 Å². The van der Waals surface area contributed by atoms with Crippen molar-refractivity contribution in [2.45, 2.75) is 46.6 Å². The fraction of sp³-hybridized carbons (Fsp3) is 0.462. The van der Waals surface area contributed by atoms with Gasteiger partial charge in [0, 0.05) is 30.3 Å². The van der Waals surface area contributed by atoms with Gasteiger partial charge in [-0.25, -0.2) is 14.3 Å². The van der Waals surface area contributed by atoms with Crippen molar-refractivity contribution < 1.29 is 14.3 Å². The first-order valence-corrected chi connectivity index (χ1v) is 12.0. The van der Waals surface area contributed by atoms with Gasteiger partial charge in [0.2, 0.25) is 0 Å². The van der Waals surface area contributed by atoms with Gasteiger partial charge < -0.3 is 4.74 Å². The number of rotatable bonds is 8. The lowest BCUT2D eigenvalue weighted by Crippen LogP contribution is -2.36. The van der Waals surface area contributed by atoms with Crippen LogP contribution in [0.3, 0.4) is 0 Å². The number of hydrogen-bond acceptors (Lipinski definition) is 6. The summed E-state index contributed by atoms with van der Waals surface area (Å²) in [7, 11) is 0. The molecule has 0 spiro atoms. The van der Waals surface area contributed by atoms with Crippen LogP contribution in [-0.2, 0) is 17.7 Å². The number of nitrogens with zero attached hydrogens (tertiary/aromatic N) is 3. The fourth-order valence-corrected chi connectivity index (χ4v) is 4.56. The van der Waals surface area contributed by atoms with Gasteiger partial charge >= 0.3 is 5.97 Å². The van der Waals surface area contributed by atoms with Crippen molar-refractivity contribution in [1.29, 1.82) is 0 Å². The molecule has 0 radical (unpaired) electrons. The molecule has 1 aliphatic rings. The number of carbonyl (C=O) groups excluding carboxylic acids is 2. The summed E-state index contributed by atoms with van der Waals surface area (Å²) in [4.78, 5) is 44.4. The number of aromatic nitrogens is 3. The number of Topliss-reactive ketones (excluding diaryl/α,β-unsaturated/α-hetero) is 1. The number of nitrogens with one attached hydrogen (secondary N) is 1. The fourth-order valence-electron chi connectivity index (χ4n) is 4.56. The van der Waals surface area contributed by atoms with Crippen LogP contribution in [-0.4, -0.2) is 50.9 Å². The van der Waals surface area contributed by atoms with E-state index in [0.717, 1.165) is 37.9 Å². The average molecular weight is 465 g/mol. The van der Waals surface area contributed by atoms with Crippen LogP contribution in [0, 0.1) is 11.8 Å². The van der Waals surface area contributed by atoms with Crippen LogP contribution in [0.25, 0.3) is 5.65 Å². The van der Waals surface area contributed by atoms with Crippen molar-refractivity contribution in [1.82, 2.24) is 19.5 Å². The third kappa shape index (κ3) is 5.28. The molecule has 0 saturated carbocycles. The van der Waals surface area contributed by atoms with Gasteiger partial charge in [0.15, 0.2) is 11.4 Å². The molecule has 0 atom stereocenters. The molecule has 34 heavy (non-hydrogen) atoms. The summed E-state index contributed by atoms with van der Waals surface area (Å²) in [6, 6.07) is 9.52. The van der Waals surface area contributed by atoms with E-state index < -0.39 is 5.97 Å². The predicted octanol–water partition coefficient (Wildman–Crippen LogP) is 3.49. The highest BCUT2D eigenvalue weighted by atomic mass is 16.5. The van der Waals surface area contributed by atoms with Gasteiger partial charge in [-0.15, -0.1) is 0 Å². The standard InChI is InChI=1S/C26H32N4O4/c1-4-34-26(33)22-15-27-30-23(31)14-21(28-25(22)30)16-29-11-9-20(10-12-29)24(32)19-7-5-18(6-8-19)13-17(2)3/h5-8,14-15,17,20,27H,4,9-13,16H2,1-3H3. The lowest BCUT2D eigenvalue weighted by molar-refractivity contribution is 0.0528. The van der Waals surface area contributed by atoms with Gasteiger partial charge in [-0.1, -0.05) is 38.1 Å². The number of H-pyrrole nitrogens is 1. The Labute approximate surface area is 198 Å². The van der Waals surface area contributed by atoms with Crippen LogP contribution in [0.15, 0.2) is 41.3 Å². The van der Waals surface area contributed by atoms with Gasteiger partial charge in [-0.05, 0) is 50.8 Å². The summed E-state index contributed by atoms with van der Waals surface area (Å²) in [5.74, 6) is 0.293. The number of ketones is 1.